The maximum Gasteiger partial charge on any atom is 0.0577 e. The van der Waals surface area contributed by atoms with Gasteiger partial charge in [0.05, 0.1) is 6.10 Å². The molecular weight excluding hydrogens is 136 g/mol. The molecule has 1 N–H and O–H groups in total. The Hall–Kier alpha value is -0.300. The van der Waals surface area contributed by atoms with Crippen molar-refractivity contribution in [1.82, 2.24) is 0 Å². The molecule has 0 aromatic heterocycles. The molecule has 0 amide bonds. The number of allylic oxidation sites excluding steroid dienone is 1. The Kier molecular flexibility index (Phi) is 1.57. The molecule has 2 rings (SSSR count). The summed E-state index contributed by atoms with van der Waals surface area (Å²) in [5, 5.41) is 9.44. The lowest BCUT2D eigenvalue weighted by Crippen LogP contribution is -2.20. The molecule has 4 atom stereocenters. The normalized spacial score (nSPS) is 44.3. The summed E-state index contributed by atoms with van der Waals surface area (Å²) in [5.74, 6) is 2.25. The first kappa shape index (κ1) is 7.35. The summed E-state index contributed by atoms with van der Waals surface area (Å²) in [4.78, 5) is 0. The molecule has 62 valence electrons. The van der Waals surface area contributed by atoms with Crippen LogP contribution in [0.3, 0.4) is 0 Å². The van der Waals surface area contributed by atoms with Crippen LogP contribution >= 0.6 is 0 Å². The van der Waals surface area contributed by atoms with Gasteiger partial charge in [-0.25, -0.2) is 0 Å². The van der Waals surface area contributed by atoms with Crippen LogP contribution < -0.4 is 0 Å². The van der Waals surface area contributed by atoms with Gasteiger partial charge in [-0.15, -0.1) is 0 Å². The zero-order valence-electron chi connectivity index (χ0n) is 7.25. The molecule has 2 aliphatic rings. The van der Waals surface area contributed by atoms with Crippen LogP contribution in [0.4, 0.5) is 0 Å². The van der Waals surface area contributed by atoms with Crippen LogP contribution in [0, 0.1) is 17.8 Å². The lowest BCUT2D eigenvalue weighted by molar-refractivity contribution is 0.132. The second kappa shape index (κ2) is 2.34. The number of aliphatic hydroxyl groups is 1. The third kappa shape index (κ3) is 1.22. The highest BCUT2D eigenvalue weighted by Crippen LogP contribution is 2.50. The molecule has 11 heavy (non-hydrogen) atoms. The van der Waals surface area contributed by atoms with Crippen molar-refractivity contribution < 1.29 is 5.11 Å². The van der Waals surface area contributed by atoms with Gasteiger partial charge in [0.2, 0.25) is 0 Å². The molecule has 0 aromatic rings. The van der Waals surface area contributed by atoms with E-state index in [0.717, 1.165) is 11.8 Å². The second-order valence-corrected chi connectivity index (χ2v) is 4.15. The van der Waals surface area contributed by atoms with E-state index in [1.807, 2.05) is 6.92 Å². The van der Waals surface area contributed by atoms with Crippen LogP contribution in [0.5, 0.6) is 0 Å². The summed E-state index contributed by atoms with van der Waals surface area (Å²) < 4.78 is 0. The Morgan fingerprint density at radius 1 is 1.55 bits per heavy atom. The minimum atomic E-state index is -0.146. The topological polar surface area (TPSA) is 20.2 Å². The fourth-order valence-corrected chi connectivity index (χ4v) is 2.30. The minimum Gasteiger partial charge on any atom is -0.393 e. The first-order valence-electron chi connectivity index (χ1n) is 4.55. The summed E-state index contributed by atoms with van der Waals surface area (Å²) >= 11 is 0. The molecule has 0 saturated heterocycles. The average Bonchev–Trinajstić information content (AvgIpc) is 2.63. The van der Waals surface area contributed by atoms with Crippen LogP contribution in [0.25, 0.3) is 0 Å². The quantitative estimate of drug-likeness (QED) is 0.569. The van der Waals surface area contributed by atoms with Crippen molar-refractivity contribution in [3.05, 3.63) is 11.6 Å². The molecule has 0 aromatic carbocycles. The van der Waals surface area contributed by atoms with Gasteiger partial charge < -0.3 is 5.11 Å². The molecule has 1 nitrogen and oxygen atoms in total. The maximum absolute atomic E-state index is 9.44. The Bertz CT molecular complexity index is 193. The van der Waals surface area contributed by atoms with E-state index in [9.17, 15) is 5.11 Å². The van der Waals surface area contributed by atoms with Crippen LogP contribution in [-0.4, -0.2) is 11.2 Å². The van der Waals surface area contributed by atoms with Gasteiger partial charge in [0.25, 0.3) is 0 Å². The largest absolute Gasteiger partial charge is 0.393 e. The van der Waals surface area contributed by atoms with Gasteiger partial charge in [0.15, 0.2) is 0 Å². The molecule has 0 spiro atoms. The van der Waals surface area contributed by atoms with Gasteiger partial charge in [-0.3, -0.25) is 0 Å². The predicted molar refractivity (Wildman–Crippen MR) is 45.1 cm³/mol. The standard InChI is InChI=1S/C10H16O/c1-6-3-8-4-9(8)5-10(6)7(2)11/h3,7-11H,4-5H2,1-2H3. The Labute approximate surface area is 68.1 Å². The number of fused-ring (bicyclic) bond motifs is 1. The van der Waals surface area contributed by atoms with Gasteiger partial charge in [0, 0.05) is 5.92 Å². The molecule has 0 heterocycles. The van der Waals surface area contributed by atoms with E-state index in [4.69, 9.17) is 0 Å². The monoisotopic (exact) mass is 152 g/mol. The lowest BCUT2D eigenvalue weighted by Gasteiger charge is -2.23. The SMILES string of the molecule is CC1=CC2CC2CC1C(C)O. The van der Waals surface area contributed by atoms with Gasteiger partial charge in [-0.1, -0.05) is 11.6 Å². The van der Waals surface area contributed by atoms with E-state index in [0.29, 0.717) is 5.92 Å². The number of aliphatic hydroxyl groups excluding tert-OH is 1. The third-order valence-corrected chi connectivity index (χ3v) is 3.18. The van der Waals surface area contributed by atoms with E-state index in [1.165, 1.54) is 18.4 Å². The summed E-state index contributed by atoms with van der Waals surface area (Å²) in [6.45, 7) is 4.07. The van der Waals surface area contributed by atoms with Crippen molar-refractivity contribution in [2.45, 2.75) is 32.8 Å². The molecule has 4 unspecified atom stereocenters. The summed E-state index contributed by atoms with van der Waals surface area (Å²) in [6.07, 6.45) is 4.82. The zero-order chi connectivity index (χ0) is 8.01. The smallest absolute Gasteiger partial charge is 0.0577 e. The van der Waals surface area contributed by atoms with Gasteiger partial charge in [-0.2, -0.15) is 0 Å². The fraction of sp³-hybridized carbons (Fsp3) is 0.800. The van der Waals surface area contributed by atoms with Crippen LogP contribution in [0.1, 0.15) is 26.7 Å². The van der Waals surface area contributed by atoms with E-state index in [2.05, 4.69) is 13.0 Å². The third-order valence-electron chi connectivity index (χ3n) is 3.18. The van der Waals surface area contributed by atoms with Crippen molar-refractivity contribution in [2.75, 3.05) is 0 Å². The van der Waals surface area contributed by atoms with Crippen LogP contribution in [0.2, 0.25) is 0 Å². The van der Waals surface area contributed by atoms with Gasteiger partial charge in [0.1, 0.15) is 0 Å². The highest BCUT2D eigenvalue weighted by atomic mass is 16.3. The Morgan fingerprint density at radius 3 is 2.91 bits per heavy atom. The zero-order valence-corrected chi connectivity index (χ0v) is 7.25. The molecule has 0 radical (unpaired) electrons. The molecule has 1 heteroatoms. The summed E-state index contributed by atoms with van der Waals surface area (Å²) in [5.41, 5.74) is 1.42. The van der Waals surface area contributed by atoms with E-state index in [1.54, 1.807) is 0 Å². The van der Waals surface area contributed by atoms with Crippen molar-refractivity contribution in [3.8, 4) is 0 Å². The molecular formula is C10H16O. The average molecular weight is 152 g/mol. The van der Waals surface area contributed by atoms with Crippen molar-refractivity contribution >= 4 is 0 Å². The van der Waals surface area contributed by atoms with Crippen molar-refractivity contribution in [1.29, 1.82) is 0 Å². The highest BCUT2D eigenvalue weighted by Gasteiger charge is 2.41. The number of rotatable bonds is 1. The Morgan fingerprint density at radius 2 is 2.27 bits per heavy atom. The molecule has 1 fully saturated rings. The minimum absolute atomic E-state index is 0.146. The number of hydrogen-bond donors (Lipinski definition) is 1. The van der Waals surface area contributed by atoms with Crippen molar-refractivity contribution in [2.24, 2.45) is 17.8 Å². The van der Waals surface area contributed by atoms with E-state index >= 15 is 0 Å². The van der Waals surface area contributed by atoms with Crippen molar-refractivity contribution in [3.63, 3.8) is 0 Å². The summed E-state index contributed by atoms with van der Waals surface area (Å²) in [6, 6.07) is 0. The number of hydrogen-bond acceptors (Lipinski definition) is 1. The highest BCUT2D eigenvalue weighted by molar-refractivity contribution is 5.18. The fourth-order valence-electron chi connectivity index (χ4n) is 2.30. The first-order valence-corrected chi connectivity index (χ1v) is 4.55. The summed E-state index contributed by atoms with van der Waals surface area (Å²) in [7, 11) is 0. The molecule has 0 bridgehead atoms. The maximum atomic E-state index is 9.44. The molecule has 1 saturated carbocycles. The predicted octanol–water partition coefficient (Wildman–Crippen LogP) is 1.97. The van der Waals surface area contributed by atoms with Gasteiger partial charge >= 0.3 is 0 Å². The first-order chi connectivity index (χ1) is 5.18. The van der Waals surface area contributed by atoms with Gasteiger partial charge in [-0.05, 0) is 38.5 Å². The van der Waals surface area contributed by atoms with Crippen LogP contribution in [-0.2, 0) is 0 Å². The van der Waals surface area contributed by atoms with Crippen LogP contribution in [0.15, 0.2) is 11.6 Å². The van der Waals surface area contributed by atoms with E-state index < -0.39 is 0 Å². The van der Waals surface area contributed by atoms with E-state index in [-0.39, 0.29) is 6.10 Å². The molecule has 0 aliphatic heterocycles. The second-order valence-electron chi connectivity index (χ2n) is 4.15. The Balaban J connectivity index is 2.11. The lowest BCUT2D eigenvalue weighted by atomic mass is 9.85. The molecule has 2 aliphatic carbocycles.